The maximum absolute atomic E-state index is 12.8. The van der Waals surface area contributed by atoms with Crippen molar-refractivity contribution in [2.45, 2.75) is 20.3 Å². The molecular weight excluding hydrogens is 399 g/mol. The molecule has 2 aromatic carbocycles. The van der Waals surface area contributed by atoms with Crippen molar-refractivity contribution in [2.24, 2.45) is 0 Å². The standard InChI is InChI=1S/C21H24Cl2N2O3/c1-14-6-4-9-19(15(14)2)24-20(26)13-25(10-11-28-3)21(27)12-16-17(22)7-5-8-18(16)23/h4-9H,10-13H2,1-3H3,(H,24,26). The van der Waals surface area contributed by atoms with Gasteiger partial charge in [0, 0.05) is 29.4 Å². The Balaban J connectivity index is 2.10. The third-order valence-electron chi connectivity index (χ3n) is 4.52. The lowest BCUT2D eigenvalue weighted by molar-refractivity contribution is -0.134. The van der Waals surface area contributed by atoms with E-state index in [1.165, 1.54) is 4.90 Å². The number of aryl methyl sites for hydroxylation is 1. The Morgan fingerprint density at radius 2 is 1.71 bits per heavy atom. The Morgan fingerprint density at radius 3 is 2.36 bits per heavy atom. The second-order valence-electron chi connectivity index (χ2n) is 6.48. The molecule has 0 aliphatic carbocycles. The van der Waals surface area contributed by atoms with E-state index in [2.05, 4.69) is 5.32 Å². The Kier molecular flexibility index (Phi) is 8.30. The predicted octanol–water partition coefficient (Wildman–Crippen LogP) is 4.27. The number of nitrogens with one attached hydrogen (secondary N) is 1. The molecule has 0 saturated heterocycles. The molecule has 0 unspecified atom stereocenters. The fraction of sp³-hybridized carbons (Fsp3) is 0.333. The molecule has 0 saturated carbocycles. The molecule has 5 nitrogen and oxygen atoms in total. The van der Waals surface area contributed by atoms with Crippen molar-refractivity contribution < 1.29 is 14.3 Å². The summed E-state index contributed by atoms with van der Waals surface area (Å²) in [4.78, 5) is 26.8. The third kappa shape index (κ3) is 5.96. The van der Waals surface area contributed by atoms with E-state index in [0.717, 1.165) is 16.8 Å². The van der Waals surface area contributed by atoms with Crippen LogP contribution in [0.4, 0.5) is 5.69 Å². The summed E-state index contributed by atoms with van der Waals surface area (Å²) in [6.45, 7) is 4.44. The van der Waals surface area contributed by atoms with Gasteiger partial charge in [0.25, 0.3) is 0 Å². The summed E-state index contributed by atoms with van der Waals surface area (Å²) in [5, 5.41) is 3.72. The summed E-state index contributed by atoms with van der Waals surface area (Å²) in [7, 11) is 1.55. The zero-order valence-corrected chi connectivity index (χ0v) is 17.7. The fourth-order valence-electron chi connectivity index (χ4n) is 2.71. The van der Waals surface area contributed by atoms with Crippen LogP contribution >= 0.6 is 23.2 Å². The zero-order valence-electron chi connectivity index (χ0n) is 16.2. The highest BCUT2D eigenvalue weighted by Crippen LogP contribution is 2.25. The van der Waals surface area contributed by atoms with Crippen molar-refractivity contribution in [3.8, 4) is 0 Å². The first-order valence-electron chi connectivity index (χ1n) is 8.89. The minimum Gasteiger partial charge on any atom is -0.383 e. The van der Waals surface area contributed by atoms with Crippen LogP contribution in [-0.4, -0.2) is 43.5 Å². The molecule has 0 fully saturated rings. The zero-order chi connectivity index (χ0) is 20.7. The number of benzene rings is 2. The van der Waals surface area contributed by atoms with Crippen molar-refractivity contribution in [3.05, 3.63) is 63.1 Å². The molecule has 0 spiro atoms. The molecule has 2 rings (SSSR count). The van der Waals surface area contributed by atoms with Crippen molar-refractivity contribution >= 4 is 40.7 Å². The molecule has 28 heavy (non-hydrogen) atoms. The second-order valence-corrected chi connectivity index (χ2v) is 7.30. The lowest BCUT2D eigenvalue weighted by Crippen LogP contribution is -2.41. The van der Waals surface area contributed by atoms with Crippen LogP contribution in [0.2, 0.25) is 10.0 Å². The van der Waals surface area contributed by atoms with E-state index in [4.69, 9.17) is 27.9 Å². The first-order chi connectivity index (χ1) is 13.3. The molecule has 0 atom stereocenters. The quantitative estimate of drug-likeness (QED) is 0.690. The third-order valence-corrected chi connectivity index (χ3v) is 5.23. The Labute approximate surface area is 175 Å². The van der Waals surface area contributed by atoms with E-state index in [9.17, 15) is 9.59 Å². The summed E-state index contributed by atoms with van der Waals surface area (Å²) < 4.78 is 5.08. The van der Waals surface area contributed by atoms with E-state index in [1.54, 1.807) is 25.3 Å². The van der Waals surface area contributed by atoms with Crippen LogP contribution < -0.4 is 5.32 Å². The smallest absolute Gasteiger partial charge is 0.244 e. The fourth-order valence-corrected chi connectivity index (χ4v) is 3.24. The van der Waals surface area contributed by atoms with Crippen molar-refractivity contribution in [3.63, 3.8) is 0 Å². The minimum atomic E-state index is -0.275. The number of nitrogens with zero attached hydrogens (tertiary/aromatic N) is 1. The van der Waals surface area contributed by atoms with Gasteiger partial charge in [0.2, 0.25) is 11.8 Å². The highest BCUT2D eigenvalue weighted by Gasteiger charge is 2.20. The Hall–Kier alpha value is -2.08. The van der Waals surface area contributed by atoms with E-state index in [1.807, 2.05) is 32.0 Å². The second kappa shape index (κ2) is 10.5. The predicted molar refractivity (Wildman–Crippen MR) is 113 cm³/mol. The van der Waals surface area contributed by atoms with Gasteiger partial charge in [-0.05, 0) is 48.7 Å². The van der Waals surface area contributed by atoms with E-state index >= 15 is 0 Å². The van der Waals surface area contributed by atoms with Crippen LogP contribution in [0.1, 0.15) is 16.7 Å². The molecule has 0 bridgehead atoms. The maximum atomic E-state index is 12.8. The number of hydrogen-bond donors (Lipinski definition) is 1. The van der Waals surface area contributed by atoms with Crippen molar-refractivity contribution in [2.75, 3.05) is 32.1 Å². The van der Waals surface area contributed by atoms with E-state index < -0.39 is 0 Å². The molecular formula is C21H24Cl2N2O3. The van der Waals surface area contributed by atoms with Gasteiger partial charge in [-0.2, -0.15) is 0 Å². The monoisotopic (exact) mass is 422 g/mol. The molecule has 0 aliphatic heterocycles. The molecule has 7 heteroatoms. The first-order valence-corrected chi connectivity index (χ1v) is 9.64. The van der Waals surface area contributed by atoms with Gasteiger partial charge in [0.15, 0.2) is 0 Å². The number of methoxy groups -OCH3 is 1. The molecule has 2 aromatic rings. The van der Waals surface area contributed by atoms with Crippen LogP contribution in [0, 0.1) is 13.8 Å². The van der Waals surface area contributed by atoms with E-state index in [0.29, 0.717) is 22.2 Å². The summed E-state index contributed by atoms with van der Waals surface area (Å²) in [6, 6.07) is 10.8. The normalized spacial score (nSPS) is 10.6. The van der Waals surface area contributed by atoms with Gasteiger partial charge in [-0.3, -0.25) is 9.59 Å². The minimum absolute atomic E-state index is 0.0129. The topological polar surface area (TPSA) is 58.6 Å². The van der Waals surface area contributed by atoms with Crippen molar-refractivity contribution in [1.82, 2.24) is 4.90 Å². The van der Waals surface area contributed by atoms with Crippen LogP contribution in [0.5, 0.6) is 0 Å². The van der Waals surface area contributed by atoms with Gasteiger partial charge in [0.05, 0.1) is 19.6 Å². The van der Waals surface area contributed by atoms with Crippen molar-refractivity contribution in [1.29, 1.82) is 0 Å². The van der Waals surface area contributed by atoms with Crippen LogP contribution in [0.15, 0.2) is 36.4 Å². The molecule has 0 heterocycles. The van der Waals surface area contributed by atoms with Gasteiger partial charge >= 0.3 is 0 Å². The first kappa shape index (κ1) is 22.2. The number of carbonyl (C=O) groups excluding carboxylic acids is 2. The summed E-state index contributed by atoms with van der Waals surface area (Å²) in [6.07, 6.45) is 0.0129. The van der Waals surface area contributed by atoms with Gasteiger partial charge in [-0.1, -0.05) is 41.4 Å². The van der Waals surface area contributed by atoms with Crippen LogP contribution in [-0.2, 0) is 20.7 Å². The number of ether oxygens (including phenoxy) is 1. The lowest BCUT2D eigenvalue weighted by Gasteiger charge is -2.23. The SMILES string of the molecule is COCCN(CC(=O)Nc1cccc(C)c1C)C(=O)Cc1c(Cl)cccc1Cl. The number of carbonyl (C=O) groups is 2. The van der Waals surface area contributed by atoms with Gasteiger partial charge in [-0.15, -0.1) is 0 Å². The summed E-state index contributed by atoms with van der Waals surface area (Å²) in [5.41, 5.74) is 3.36. The Morgan fingerprint density at radius 1 is 1.07 bits per heavy atom. The average molecular weight is 423 g/mol. The number of hydrogen-bond acceptors (Lipinski definition) is 3. The number of anilines is 1. The lowest BCUT2D eigenvalue weighted by atomic mass is 10.1. The van der Waals surface area contributed by atoms with Crippen LogP contribution in [0.3, 0.4) is 0 Å². The van der Waals surface area contributed by atoms with E-state index in [-0.39, 0.29) is 31.3 Å². The molecule has 1 N–H and O–H groups in total. The largest absolute Gasteiger partial charge is 0.383 e. The molecule has 0 radical (unpaired) electrons. The number of rotatable bonds is 8. The van der Waals surface area contributed by atoms with Crippen LogP contribution in [0.25, 0.3) is 0 Å². The average Bonchev–Trinajstić information content (AvgIpc) is 2.65. The number of amides is 2. The molecule has 2 amide bonds. The van der Waals surface area contributed by atoms with Gasteiger partial charge in [0.1, 0.15) is 0 Å². The van der Waals surface area contributed by atoms with Gasteiger partial charge in [-0.25, -0.2) is 0 Å². The maximum Gasteiger partial charge on any atom is 0.244 e. The highest BCUT2D eigenvalue weighted by molar-refractivity contribution is 6.36. The summed E-state index contributed by atoms with van der Waals surface area (Å²) >= 11 is 12.3. The summed E-state index contributed by atoms with van der Waals surface area (Å²) in [5.74, 6) is -0.522. The Bertz CT molecular complexity index is 835. The van der Waals surface area contributed by atoms with Gasteiger partial charge < -0.3 is 15.0 Å². The molecule has 0 aromatic heterocycles. The molecule has 150 valence electrons. The highest BCUT2D eigenvalue weighted by atomic mass is 35.5. The molecule has 0 aliphatic rings. The number of halogens is 2.